The fraction of sp³-hybridized carbons (Fsp3) is 0.588. The number of rotatable bonds is 2. The summed E-state index contributed by atoms with van der Waals surface area (Å²) in [7, 11) is 0. The van der Waals surface area contributed by atoms with Crippen molar-refractivity contribution in [3.8, 4) is 0 Å². The minimum absolute atomic E-state index is 0.0583. The van der Waals surface area contributed by atoms with Crippen LogP contribution in [0.4, 0.5) is 0 Å². The predicted molar refractivity (Wildman–Crippen MR) is 85.9 cm³/mol. The van der Waals surface area contributed by atoms with E-state index in [-0.39, 0.29) is 5.91 Å². The van der Waals surface area contributed by atoms with Gasteiger partial charge in [0.05, 0.1) is 11.4 Å². The fourth-order valence-corrected chi connectivity index (χ4v) is 3.26. The minimum Gasteiger partial charge on any atom is -0.383 e. The molecule has 124 valence electrons. The zero-order valence-electron chi connectivity index (χ0n) is 13.9. The molecule has 1 amide bonds. The molecular formula is C17H23N3O3. The molecule has 1 aromatic rings. The zero-order chi connectivity index (χ0) is 16.7. The van der Waals surface area contributed by atoms with E-state index < -0.39 is 11.2 Å². The Labute approximate surface area is 136 Å². The van der Waals surface area contributed by atoms with Gasteiger partial charge in [-0.05, 0) is 45.2 Å². The lowest BCUT2D eigenvalue weighted by Crippen LogP contribution is -2.52. The van der Waals surface area contributed by atoms with E-state index in [1.54, 1.807) is 18.0 Å². The van der Waals surface area contributed by atoms with Crippen LogP contribution in [0.2, 0.25) is 0 Å². The number of carbonyl (C=O) groups excluding carboxylic acids is 1. The van der Waals surface area contributed by atoms with Crippen LogP contribution in [-0.4, -0.2) is 45.3 Å². The van der Waals surface area contributed by atoms with Gasteiger partial charge in [-0.1, -0.05) is 11.2 Å². The zero-order valence-corrected chi connectivity index (χ0v) is 13.9. The third-order valence-corrected chi connectivity index (χ3v) is 4.71. The Bertz CT molecular complexity index is 633. The van der Waals surface area contributed by atoms with Crippen molar-refractivity contribution in [2.75, 3.05) is 13.1 Å². The molecule has 0 bridgehead atoms. The van der Waals surface area contributed by atoms with Crippen LogP contribution >= 0.6 is 0 Å². The summed E-state index contributed by atoms with van der Waals surface area (Å²) in [6.45, 7) is 6.58. The van der Waals surface area contributed by atoms with Gasteiger partial charge in [0, 0.05) is 25.7 Å². The monoisotopic (exact) mass is 317 g/mol. The standard InChI is InChI=1S/C17H23N3O3/c1-12-4-5-14(18-11-12)17(22)6-8-20(9-7-17)15(21)16(3)10-13(2)19-23-16/h4-5,11,22H,6-10H2,1-3H3. The Hall–Kier alpha value is -1.95. The number of likely N-dealkylation sites (tertiary alicyclic amines) is 1. The molecule has 1 saturated heterocycles. The molecule has 1 atom stereocenters. The summed E-state index contributed by atoms with van der Waals surface area (Å²) in [6.07, 6.45) is 3.24. The van der Waals surface area contributed by atoms with Crippen molar-refractivity contribution in [2.45, 2.75) is 51.2 Å². The molecule has 3 rings (SSSR count). The largest absolute Gasteiger partial charge is 0.383 e. The highest BCUT2D eigenvalue weighted by Gasteiger charge is 2.46. The maximum Gasteiger partial charge on any atom is 0.269 e. The topological polar surface area (TPSA) is 75.0 Å². The van der Waals surface area contributed by atoms with Crippen LogP contribution < -0.4 is 0 Å². The Kier molecular flexibility index (Phi) is 3.88. The second-order valence-corrected chi connectivity index (χ2v) is 6.87. The summed E-state index contributed by atoms with van der Waals surface area (Å²) in [5.41, 5.74) is 0.707. The van der Waals surface area contributed by atoms with Crippen LogP contribution in [0, 0.1) is 6.92 Å². The third-order valence-electron chi connectivity index (χ3n) is 4.71. The number of aryl methyl sites for hydroxylation is 1. The molecule has 2 aliphatic heterocycles. The smallest absolute Gasteiger partial charge is 0.269 e. The van der Waals surface area contributed by atoms with E-state index in [4.69, 9.17) is 4.84 Å². The normalized spacial score (nSPS) is 26.6. The van der Waals surface area contributed by atoms with E-state index in [2.05, 4.69) is 10.1 Å². The molecule has 1 aromatic heterocycles. The fourth-order valence-electron chi connectivity index (χ4n) is 3.26. The second kappa shape index (κ2) is 5.60. The van der Waals surface area contributed by atoms with E-state index in [1.807, 2.05) is 26.0 Å². The van der Waals surface area contributed by atoms with E-state index >= 15 is 0 Å². The van der Waals surface area contributed by atoms with Gasteiger partial charge in [0.25, 0.3) is 5.91 Å². The lowest BCUT2D eigenvalue weighted by molar-refractivity contribution is -0.157. The van der Waals surface area contributed by atoms with Gasteiger partial charge >= 0.3 is 0 Å². The van der Waals surface area contributed by atoms with Crippen LogP contribution in [0.5, 0.6) is 0 Å². The van der Waals surface area contributed by atoms with Crippen molar-refractivity contribution in [3.63, 3.8) is 0 Å². The van der Waals surface area contributed by atoms with Gasteiger partial charge in [-0.15, -0.1) is 0 Å². The van der Waals surface area contributed by atoms with E-state index in [1.165, 1.54) is 0 Å². The van der Waals surface area contributed by atoms with Gasteiger partial charge < -0.3 is 14.8 Å². The predicted octanol–water partition coefficient (Wildman–Crippen LogP) is 1.75. The van der Waals surface area contributed by atoms with E-state index in [0.717, 1.165) is 11.3 Å². The molecule has 1 unspecified atom stereocenters. The molecular weight excluding hydrogens is 294 g/mol. The summed E-state index contributed by atoms with van der Waals surface area (Å²) in [4.78, 5) is 24.1. The van der Waals surface area contributed by atoms with Crippen molar-refractivity contribution in [3.05, 3.63) is 29.6 Å². The molecule has 0 aliphatic carbocycles. The van der Waals surface area contributed by atoms with Crippen LogP contribution in [-0.2, 0) is 15.2 Å². The van der Waals surface area contributed by atoms with Gasteiger partial charge in [0.15, 0.2) is 0 Å². The Morgan fingerprint density at radius 2 is 2.00 bits per heavy atom. The molecule has 23 heavy (non-hydrogen) atoms. The number of aliphatic hydroxyl groups is 1. The van der Waals surface area contributed by atoms with Crippen LogP contribution in [0.3, 0.4) is 0 Å². The lowest BCUT2D eigenvalue weighted by Gasteiger charge is -2.39. The lowest BCUT2D eigenvalue weighted by atomic mass is 9.86. The molecule has 0 radical (unpaired) electrons. The molecule has 2 aliphatic rings. The van der Waals surface area contributed by atoms with Crippen LogP contribution in [0.15, 0.2) is 23.5 Å². The van der Waals surface area contributed by atoms with Crippen molar-refractivity contribution >= 4 is 11.6 Å². The van der Waals surface area contributed by atoms with Gasteiger partial charge in [-0.2, -0.15) is 0 Å². The first-order chi connectivity index (χ1) is 10.8. The highest BCUT2D eigenvalue weighted by atomic mass is 16.7. The number of hydrogen-bond acceptors (Lipinski definition) is 5. The van der Waals surface area contributed by atoms with Crippen molar-refractivity contribution in [2.24, 2.45) is 5.16 Å². The maximum atomic E-state index is 12.7. The first kappa shape index (κ1) is 15.9. The maximum absolute atomic E-state index is 12.7. The summed E-state index contributed by atoms with van der Waals surface area (Å²) in [5.74, 6) is -0.0583. The molecule has 3 heterocycles. The van der Waals surface area contributed by atoms with Crippen molar-refractivity contribution in [1.29, 1.82) is 0 Å². The summed E-state index contributed by atoms with van der Waals surface area (Å²) in [5, 5.41) is 14.7. The highest BCUT2D eigenvalue weighted by molar-refractivity contribution is 5.94. The number of piperidine rings is 1. The molecule has 1 fully saturated rings. The molecule has 1 N–H and O–H groups in total. The van der Waals surface area contributed by atoms with Gasteiger partial charge in [0.2, 0.25) is 5.60 Å². The molecule has 0 saturated carbocycles. The molecule has 6 nitrogen and oxygen atoms in total. The Morgan fingerprint density at radius 1 is 1.30 bits per heavy atom. The van der Waals surface area contributed by atoms with E-state index in [9.17, 15) is 9.90 Å². The molecule has 0 aromatic carbocycles. The highest BCUT2D eigenvalue weighted by Crippen LogP contribution is 2.34. The number of aromatic nitrogens is 1. The Balaban J connectivity index is 1.66. The number of hydrogen-bond donors (Lipinski definition) is 1. The molecule has 6 heteroatoms. The summed E-state index contributed by atoms with van der Waals surface area (Å²) >= 11 is 0. The summed E-state index contributed by atoms with van der Waals surface area (Å²) < 4.78 is 0. The van der Waals surface area contributed by atoms with Crippen LogP contribution in [0.25, 0.3) is 0 Å². The Morgan fingerprint density at radius 3 is 2.52 bits per heavy atom. The van der Waals surface area contributed by atoms with Crippen molar-refractivity contribution < 1.29 is 14.7 Å². The SMILES string of the molecule is CC1=NOC(C)(C(=O)N2CCC(O)(c3ccc(C)cn3)CC2)C1. The average molecular weight is 317 g/mol. The number of carbonyl (C=O) groups is 1. The average Bonchev–Trinajstić information content (AvgIpc) is 2.88. The van der Waals surface area contributed by atoms with E-state index in [0.29, 0.717) is 38.0 Å². The van der Waals surface area contributed by atoms with Gasteiger partial charge in [-0.25, -0.2) is 0 Å². The first-order valence-electron chi connectivity index (χ1n) is 7.99. The third kappa shape index (κ3) is 2.95. The van der Waals surface area contributed by atoms with Gasteiger partial charge in [0.1, 0.15) is 5.60 Å². The van der Waals surface area contributed by atoms with Crippen LogP contribution in [0.1, 0.15) is 44.4 Å². The van der Waals surface area contributed by atoms with Crippen molar-refractivity contribution in [1.82, 2.24) is 9.88 Å². The number of oxime groups is 1. The number of pyridine rings is 1. The number of nitrogens with zero attached hydrogens (tertiary/aromatic N) is 3. The summed E-state index contributed by atoms with van der Waals surface area (Å²) in [6, 6.07) is 3.82. The first-order valence-corrected chi connectivity index (χ1v) is 7.99. The quantitative estimate of drug-likeness (QED) is 0.902. The van der Waals surface area contributed by atoms with Gasteiger partial charge in [-0.3, -0.25) is 9.78 Å². The second-order valence-electron chi connectivity index (χ2n) is 6.87. The minimum atomic E-state index is -0.964. The molecule has 0 spiro atoms. The number of amides is 1.